The van der Waals surface area contributed by atoms with E-state index in [2.05, 4.69) is 13.2 Å². The maximum absolute atomic E-state index is 10.9. The SMILES string of the molecule is C=CC(=O)OCCCCOc1ccc(O)cc1OCCCCOC(=O)C=C. The van der Waals surface area contributed by atoms with Gasteiger partial charge in [-0.3, -0.25) is 0 Å². The molecule has 1 N–H and O–H groups in total. The number of carbonyl (C=O) groups is 2. The van der Waals surface area contributed by atoms with E-state index in [4.69, 9.17) is 18.9 Å². The topological polar surface area (TPSA) is 91.3 Å². The van der Waals surface area contributed by atoms with Gasteiger partial charge < -0.3 is 24.1 Å². The van der Waals surface area contributed by atoms with E-state index in [1.807, 2.05) is 0 Å². The zero-order valence-electron chi connectivity index (χ0n) is 15.4. The highest BCUT2D eigenvalue weighted by molar-refractivity contribution is 5.81. The zero-order chi connectivity index (χ0) is 19.9. The van der Waals surface area contributed by atoms with E-state index in [1.54, 1.807) is 6.07 Å². The molecule has 0 aliphatic rings. The molecule has 27 heavy (non-hydrogen) atoms. The Hall–Kier alpha value is -2.96. The summed E-state index contributed by atoms with van der Waals surface area (Å²) in [5.74, 6) is 0.155. The second-order valence-corrected chi connectivity index (χ2v) is 5.49. The van der Waals surface area contributed by atoms with Crippen molar-refractivity contribution in [1.29, 1.82) is 0 Å². The zero-order valence-corrected chi connectivity index (χ0v) is 15.4. The number of hydrogen-bond acceptors (Lipinski definition) is 7. The number of carbonyl (C=O) groups excluding carboxylic acids is 2. The normalized spacial score (nSPS) is 9.93. The van der Waals surface area contributed by atoms with Crippen LogP contribution in [0.2, 0.25) is 0 Å². The molecule has 0 aromatic heterocycles. The molecule has 7 heteroatoms. The third kappa shape index (κ3) is 9.94. The van der Waals surface area contributed by atoms with Crippen molar-refractivity contribution in [3.8, 4) is 17.2 Å². The van der Waals surface area contributed by atoms with Crippen LogP contribution in [0.15, 0.2) is 43.5 Å². The molecule has 0 unspecified atom stereocenters. The van der Waals surface area contributed by atoms with Crippen molar-refractivity contribution in [2.24, 2.45) is 0 Å². The van der Waals surface area contributed by atoms with Crippen molar-refractivity contribution < 1.29 is 33.6 Å². The van der Waals surface area contributed by atoms with Crippen LogP contribution in [0.25, 0.3) is 0 Å². The highest BCUT2D eigenvalue weighted by Gasteiger charge is 2.07. The first-order valence-electron chi connectivity index (χ1n) is 8.73. The number of rotatable bonds is 14. The number of phenols is 1. The van der Waals surface area contributed by atoms with E-state index in [9.17, 15) is 14.7 Å². The van der Waals surface area contributed by atoms with Crippen LogP contribution in [-0.4, -0.2) is 43.5 Å². The predicted octanol–water partition coefficient (Wildman–Crippen LogP) is 3.17. The van der Waals surface area contributed by atoms with Gasteiger partial charge in [0.1, 0.15) is 5.75 Å². The molecule has 1 aromatic carbocycles. The van der Waals surface area contributed by atoms with Crippen molar-refractivity contribution in [2.75, 3.05) is 26.4 Å². The molecule has 7 nitrogen and oxygen atoms in total. The molecule has 0 saturated heterocycles. The Morgan fingerprint density at radius 1 is 0.815 bits per heavy atom. The number of ether oxygens (including phenoxy) is 4. The van der Waals surface area contributed by atoms with Gasteiger partial charge in [0, 0.05) is 18.2 Å². The monoisotopic (exact) mass is 378 g/mol. The lowest BCUT2D eigenvalue weighted by Gasteiger charge is -2.13. The molecule has 0 radical (unpaired) electrons. The van der Waals surface area contributed by atoms with Crippen LogP contribution in [0.3, 0.4) is 0 Å². The molecule has 0 aliphatic heterocycles. The maximum Gasteiger partial charge on any atom is 0.330 e. The Labute approximate surface area is 159 Å². The van der Waals surface area contributed by atoms with Gasteiger partial charge in [0.05, 0.1) is 26.4 Å². The van der Waals surface area contributed by atoms with E-state index in [1.165, 1.54) is 12.1 Å². The Morgan fingerprint density at radius 2 is 1.30 bits per heavy atom. The van der Waals surface area contributed by atoms with Crippen LogP contribution in [0.1, 0.15) is 25.7 Å². The molecular weight excluding hydrogens is 352 g/mol. The van der Waals surface area contributed by atoms with E-state index >= 15 is 0 Å². The number of aromatic hydroxyl groups is 1. The molecule has 0 atom stereocenters. The lowest BCUT2D eigenvalue weighted by Crippen LogP contribution is -2.06. The van der Waals surface area contributed by atoms with Gasteiger partial charge in [0.25, 0.3) is 0 Å². The first-order chi connectivity index (χ1) is 13.1. The minimum atomic E-state index is -0.446. The van der Waals surface area contributed by atoms with E-state index in [-0.39, 0.29) is 5.75 Å². The van der Waals surface area contributed by atoms with Gasteiger partial charge in [-0.15, -0.1) is 0 Å². The number of hydrogen-bond donors (Lipinski definition) is 1. The van der Waals surface area contributed by atoms with E-state index in [0.717, 1.165) is 12.2 Å². The molecule has 0 spiro atoms. The first-order valence-corrected chi connectivity index (χ1v) is 8.73. The maximum atomic E-state index is 10.9. The second kappa shape index (κ2) is 13.3. The molecule has 0 heterocycles. The highest BCUT2D eigenvalue weighted by atomic mass is 16.5. The summed E-state index contributed by atoms with van der Waals surface area (Å²) in [7, 11) is 0. The van der Waals surface area contributed by atoms with Crippen LogP contribution in [0.5, 0.6) is 17.2 Å². The third-order valence-electron chi connectivity index (χ3n) is 3.34. The van der Waals surface area contributed by atoms with Gasteiger partial charge in [-0.1, -0.05) is 13.2 Å². The van der Waals surface area contributed by atoms with Crippen LogP contribution in [-0.2, 0) is 19.1 Å². The summed E-state index contributed by atoms with van der Waals surface area (Å²) in [6.07, 6.45) is 4.93. The fourth-order valence-electron chi connectivity index (χ4n) is 1.96. The van der Waals surface area contributed by atoms with E-state index < -0.39 is 11.9 Å². The number of esters is 2. The lowest BCUT2D eigenvalue weighted by atomic mass is 10.3. The summed E-state index contributed by atoms with van der Waals surface area (Å²) < 4.78 is 21.1. The number of benzene rings is 1. The molecule has 0 fully saturated rings. The van der Waals surface area contributed by atoms with Gasteiger partial charge in [0.2, 0.25) is 0 Å². The molecule has 0 amide bonds. The van der Waals surface area contributed by atoms with Crippen molar-refractivity contribution in [2.45, 2.75) is 25.7 Å². The Bertz CT molecular complexity index is 625. The van der Waals surface area contributed by atoms with Crippen molar-refractivity contribution in [3.63, 3.8) is 0 Å². The lowest BCUT2D eigenvalue weighted by molar-refractivity contribution is -0.138. The summed E-state index contributed by atoms with van der Waals surface area (Å²) in [5, 5.41) is 9.62. The summed E-state index contributed by atoms with van der Waals surface area (Å²) in [6, 6.07) is 4.63. The summed E-state index contributed by atoms with van der Waals surface area (Å²) in [5.41, 5.74) is 0. The van der Waals surface area contributed by atoms with Crippen LogP contribution in [0.4, 0.5) is 0 Å². The van der Waals surface area contributed by atoms with Crippen LogP contribution in [0, 0.1) is 0 Å². The largest absolute Gasteiger partial charge is 0.508 e. The molecular formula is C20H26O7. The van der Waals surface area contributed by atoms with Gasteiger partial charge in [-0.05, 0) is 37.8 Å². The fraction of sp³-hybridized carbons (Fsp3) is 0.400. The molecule has 1 rings (SSSR count). The van der Waals surface area contributed by atoms with Crippen molar-refractivity contribution in [3.05, 3.63) is 43.5 Å². The minimum absolute atomic E-state index is 0.0774. The Morgan fingerprint density at radius 3 is 1.81 bits per heavy atom. The smallest absolute Gasteiger partial charge is 0.330 e. The standard InChI is InChI=1S/C20H26O7/c1-3-19(22)26-13-7-5-11-24-17-10-9-16(21)15-18(17)25-12-6-8-14-27-20(23)4-2/h3-4,9-10,15,21H,1-2,5-8,11-14H2. The second-order valence-electron chi connectivity index (χ2n) is 5.49. The predicted molar refractivity (Wildman–Crippen MR) is 99.9 cm³/mol. The van der Waals surface area contributed by atoms with Gasteiger partial charge in [-0.25, -0.2) is 9.59 Å². The van der Waals surface area contributed by atoms with Crippen molar-refractivity contribution >= 4 is 11.9 Å². The minimum Gasteiger partial charge on any atom is -0.508 e. The molecule has 1 aromatic rings. The quantitative estimate of drug-likeness (QED) is 0.302. The molecule has 0 aliphatic carbocycles. The third-order valence-corrected chi connectivity index (χ3v) is 3.34. The number of unbranched alkanes of at least 4 members (excludes halogenated alkanes) is 2. The van der Waals surface area contributed by atoms with E-state index in [0.29, 0.717) is 63.6 Å². The van der Waals surface area contributed by atoms with Crippen LogP contribution >= 0.6 is 0 Å². The molecule has 0 saturated carbocycles. The molecule has 0 bridgehead atoms. The molecule has 148 valence electrons. The average Bonchev–Trinajstić information content (AvgIpc) is 2.67. The van der Waals surface area contributed by atoms with Gasteiger partial charge in [-0.2, -0.15) is 0 Å². The number of phenolic OH excluding ortho intramolecular Hbond substituents is 1. The average molecular weight is 378 g/mol. The summed E-state index contributed by atoms with van der Waals surface area (Å²) in [4.78, 5) is 21.8. The Kier molecular flexibility index (Phi) is 10.9. The van der Waals surface area contributed by atoms with Gasteiger partial charge in [0.15, 0.2) is 11.5 Å². The van der Waals surface area contributed by atoms with Gasteiger partial charge >= 0.3 is 11.9 Å². The van der Waals surface area contributed by atoms with Crippen LogP contribution < -0.4 is 9.47 Å². The Balaban J connectivity index is 2.30. The highest BCUT2D eigenvalue weighted by Crippen LogP contribution is 2.31. The van der Waals surface area contributed by atoms with Crippen molar-refractivity contribution in [1.82, 2.24) is 0 Å². The fourth-order valence-corrected chi connectivity index (χ4v) is 1.96. The summed E-state index contributed by atoms with van der Waals surface area (Å²) in [6.45, 7) is 8.07. The summed E-state index contributed by atoms with van der Waals surface area (Å²) >= 11 is 0. The first kappa shape index (κ1) is 22.1.